The molecular weight excluding hydrogens is 219 g/mol. The second-order valence-corrected chi connectivity index (χ2v) is 2.83. The van der Waals surface area contributed by atoms with Crippen molar-refractivity contribution in [2.45, 2.75) is 13.1 Å². The number of hydrogen-bond donors (Lipinski definition) is 0. The van der Waals surface area contributed by atoms with Gasteiger partial charge in [0, 0.05) is 0 Å². The molecule has 0 atom stereocenters. The molecule has 82 valence electrons. The maximum absolute atomic E-state index is 12.9. The fourth-order valence-electron chi connectivity index (χ4n) is 1.17. The molecule has 0 saturated carbocycles. The number of carbonyl (C=O) groups is 1. The Kier molecular flexibility index (Phi) is 2.79. The molecule has 0 aromatic heterocycles. The van der Waals surface area contributed by atoms with E-state index in [-0.39, 0.29) is 0 Å². The van der Waals surface area contributed by atoms with Crippen molar-refractivity contribution in [3.05, 3.63) is 34.9 Å². The summed E-state index contributed by atoms with van der Waals surface area (Å²) >= 11 is 0. The van der Waals surface area contributed by atoms with Gasteiger partial charge in [0.2, 0.25) is 0 Å². The fraction of sp³-hybridized carbons (Fsp3) is 0.222. The van der Waals surface area contributed by atoms with Crippen molar-refractivity contribution in [3.63, 3.8) is 0 Å². The van der Waals surface area contributed by atoms with Crippen molar-refractivity contribution in [3.8, 4) is 0 Å². The molecule has 1 aromatic rings. The number of halogens is 5. The Labute approximate surface area is 81.5 Å². The van der Waals surface area contributed by atoms with Crippen molar-refractivity contribution in [2.75, 3.05) is 0 Å². The highest BCUT2D eigenvalue weighted by atomic mass is 19.4. The van der Waals surface area contributed by atoms with E-state index in [0.717, 1.165) is 6.92 Å². The molecule has 0 bridgehead atoms. The molecule has 0 fully saturated rings. The van der Waals surface area contributed by atoms with E-state index in [2.05, 4.69) is 0 Å². The average molecular weight is 224 g/mol. The largest absolute Gasteiger partial charge is 0.420 e. The highest BCUT2D eigenvalue weighted by molar-refractivity contribution is 5.96. The average Bonchev–Trinajstić information content (AvgIpc) is 2.05. The van der Waals surface area contributed by atoms with Crippen molar-refractivity contribution >= 4 is 5.78 Å². The summed E-state index contributed by atoms with van der Waals surface area (Å²) in [5.74, 6) is -4.20. The summed E-state index contributed by atoms with van der Waals surface area (Å²) in [5, 5.41) is 0. The van der Waals surface area contributed by atoms with E-state index in [1.54, 1.807) is 0 Å². The molecule has 0 saturated heterocycles. The van der Waals surface area contributed by atoms with Crippen LogP contribution in [0.15, 0.2) is 12.1 Å². The van der Waals surface area contributed by atoms with Gasteiger partial charge >= 0.3 is 6.18 Å². The van der Waals surface area contributed by atoms with Gasteiger partial charge in [0.05, 0.1) is 5.56 Å². The van der Waals surface area contributed by atoms with Gasteiger partial charge in [-0.15, -0.1) is 0 Å². The van der Waals surface area contributed by atoms with Crippen LogP contribution in [0.5, 0.6) is 0 Å². The lowest BCUT2D eigenvalue weighted by molar-refractivity contribution is -0.140. The normalized spacial score (nSPS) is 11.6. The first kappa shape index (κ1) is 11.6. The van der Waals surface area contributed by atoms with Crippen molar-refractivity contribution in [2.24, 2.45) is 0 Å². The molecule has 15 heavy (non-hydrogen) atoms. The quantitative estimate of drug-likeness (QED) is 0.528. The minimum Gasteiger partial charge on any atom is -0.294 e. The molecule has 6 heteroatoms. The number of alkyl halides is 3. The molecule has 0 radical (unpaired) electrons. The minimum absolute atomic E-state index is 0.338. The van der Waals surface area contributed by atoms with Gasteiger partial charge in [-0.3, -0.25) is 4.79 Å². The molecule has 0 aliphatic carbocycles. The van der Waals surface area contributed by atoms with Crippen LogP contribution in [-0.2, 0) is 6.18 Å². The second kappa shape index (κ2) is 3.60. The molecule has 1 rings (SSSR count). The van der Waals surface area contributed by atoms with E-state index >= 15 is 0 Å². The lowest BCUT2D eigenvalue weighted by Gasteiger charge is -2.12. The predicted molar refractivity (Wildman–Crippen MR) is 41.4 cm³/mol. The van der Waals surface area contributed by atoms with Crippen LogP contribution in [-0.4, -0.2) is 5.78 Å². The zero-order valence-electron chi connectivity index (χ0n) is 7.45. The molecule has 1 aromatic carbocycles. The molecule has 0 aliphatic rings. The van der Waals surface area contributed by atoms with Gasteiger partial charge in [-0.05, 0) is 19.1 Å². The molecule has 1 nitrogen and oxygen atoms in total. The number of ketones is 1. The van der Waals surface area contributed by atoms with E-state index in [9.17, 15) is 26.7 Å². The summed E-state index contributed by atoms with van der Waals surface area (Å²) in [6.45, 7) is 0.743. The lowest BCUT2D eigenvalue weighted by Crippen LogP contribution is -2.16. The maximum Gasteiger partial charge on any atom is 0.420 e. The van der Waals surface area contributed by atoms with E-state index in [1.165, 1.54) is 0 Å². The number of benzene rings is 1. The summed E-state index contributed by atoms with van der Waals surface area (Å²) in [6, 6.07) is 0.825. The van der Waals surface area contributed by atoms with Crippen molar-refractivity contribution in [1.82, 2.24) is 0 Å². The van der Waals surface area contributed by atoms with Gasteiger partial charge in [0.15, 0.2) is 5.78 Å². The second-order valence-electron chi connectivity index (χ2n) is 2.83. The van der Waals surface area contributed by atoms with Crippen LogP contribution in [0.3, 0.4) is 0 Å². The number of Topliss-reactive ketones (excluding diaryl/α,β-unsaturated/α-hetero) is 1. The van der Waals surface area contributed by atoms with Gasteiger partial charge in [-0.1, -0.05) is 0 Å². The first-order valence-electron chi connectivity index (χ1n) is 3.81. The van der Waals surface area contributed by atoms with E-state index < -0.39 is 34.7 Å². The molecule has 0 N–H and O–H groups in total. The summed E-state index contributed by atoms with van der Waals surface area (Å²) in [7, 11) is 0. The molecule has 0 aliphatic heterocycles. The molecular formula is C9H5F5O. The fourth-order valence-corrected chi connectivity index (χ4v) is 1.17. The lowest BCUT2D eigenvalue weighted by atomic mass is 10.0. The maximum atomic E-state index is 12.9. The third-order valence-corrected chi connectivity index (χ3v) is 1.74. The van der Waals surface area contributed by atoms with Gasteiger partial charge in [0.25, 0.3) is 0 Å². The van der Waals surface area contributed by atoms with Gasteiger partial charge in [0.1, 0.15) is 17.2 Å². The van der Waals surface area contributed by atoms with E-state index in [1.807, 2.05) is 0 Å². The summed E-state index contributed by atoms with van der Waals surface area (Å²) < 4.78 is 62.6. The van der Waals surface area contributed by atoms with Crippen LogP contribution in [0, 0.1) is 11.6 Å². The smallest absolute Gasteiger partial charge is 0.294 e. The SMILES string of the molecule is CC(=O)c1c(F)ccc(F)c1C(F)(F)F. The first-order valence-corrected chi connectivity index (χ1v) is 3.81. The zero-order valence-corrected chi connectivity index (χ0v) is 7.45. The van der Waals surface area contributed by atoms with Crippen LogP contribution < -0.4 is 0 Å². The van der Waals surface area contributed by atoms with E-state index in [4.69, 9.17) is 0 Å². The first-order chi connectivity index (χ1) is 6.75. The van der Waals surface area contributed by atoms with Gasteiger partial charge in [-0.25, -0.2) is 8.78 Å². The summed E-state index contributed by atoms with van der Waals surface area (Å²) in [5.41, 5.74) is -3.11. The number of carbonyl (C=O) groups excluding carboxylic acids is 1. The number of rotatable bonds is 1. The van der Waals surface area contributed by atoms with Crippen LogP contribution in [0.1, 0.15) is 22.8 Å². The Morgan fingerprint density at radius 3 is 1.93 bits per heavy atom. The van der Waals surface area contributed by atoms with Gasteiger partial charge < -0.3 is 0 Å². The predicted octanol–water partition coefficient (Wildman–Crippen LogP) is 3.19. The van der Waals surface area contributed by atoms with Crippen molar-refractivity contribution < 1.29 is 26.7 Å². The molecule has 0 amide bonds. The molecule has 0 spiro atoms. The van der Waals surface area contributed by atoms with E-state index in [0.29, 0.717) is 12.1 Å². The van der Waals surface area contributed by atoms with Gasteiger partial charge in [-0.2, -0.15) is 13.2 Å². The molecule has 0 unspecified atom stereocenters. The Morgan fingerprint density at radius 1 is 1.13 bits per heavy atom. The molecule has 0 heterocycles. The third-order valence-electron chi connectivity index (χ3n) is 1.74. The van der Waals surface area contributed by atoms with Crippen LogP contribution in [0.4, 0.5) is 22.0 Å². The minimum atomic E-state index is -5.09. The summed E-state index contributed by atoms with van der Waals surface area (Å²) in [6.07, 6.45) is -5.09. The topological polar surface area (TPSA) is 17.1 Å². The highest BCUT2D eigenvalue weighted by Crippen LogP contribution is 2.35. The number of hydrogen-bond acceptors (Lipinski definition) is 1. The van der Waals surface area contributed by atoms with Crippen LogP contribution >= 0.6 is 0 Å². The van der Waals surface area contributed by atoms with Crippen LogP contribution in [0.25, 0.3) is 0 Å². The summed E-state index contributed by atoms with van der Waals surface area (Å²) in [4.78, 5) is 10.8. The Hall–Kier alpha value is -1.46. The monoisotopic (exact) mass is 224 g/mol. The Morgan fingerprint density at radius 2 is 1.60 bits per heavy atom. The highest BCUT2D eigenvalue weighted by Gasteiger charge is 2.39. The van der Waals surface area contributed by atoms with Crippen molar-refractivity contribution in [1.29, 1.82) is 0 Å². The third kappa shape index (κ3) is 2.14. The Balaban J connectivity index is 3.60. The Bertz CT molecular complexity index is 408. The standard InChI is InChI=1S/C9H5F5O/c1-4(15)7-5(10)2-3-6(11)8(7)9(12,13)14/h2-3H,1H3. The zero-order chi connectivity index (χ0) is 11.8. The van der Waals surface area contributed by atoms with Crippen LogP contribution in [0.2, 0.25) is 0 Å².